The summed E-state index contributed by atoms with van der Waals surface area (Å²) in [5.41, 5.74) is 6.49. The first-order valence-corrected chi connectivity index (χ1v) is 11.4. The van der Waals surface area contributed by atoms with Crippen molar-refractivity contribution in [2.45, 2.75) is 19.8 Å². The first-order valence-electron chi connectivity index (χ1n) is 11.4. The minimum Gasteiger partial charge on any atom is -0.334 e. The fraction of sp³-hybridized carbons (Fsp3) is 0.115. The van der Waals surface area contributed by atoms with Gasteiger partial charge < -0.3 is 4.98 Å². The molecule has 0 aliphatic heterocycles. The monoisotopic (exact) mass is 475 g/mol. The van der Waals surface area contributed by atoms with E-state index in [-0.39, 0.29) is 12.2 Å². The van der Waals surface area contributed by atoms with E-state index in [0.29, 0.717) is 23.7 Å². The first kappa shape index (κ1) is 21.5. The standard InChI is InChI=1S/C26H21N9O/c1-16-13-35(15-30-16)26-23-25(28-14-29-26)32-24(31-23)18-6-4-17(5-7-18)9-21(36)10-20-11-22(34-33-20)19-3-2-8-27-12-19/h2-8,11-15H,9-10H2,1H3,(H,33,34)(H,28,29,31,32). The topological polar surface area (TPSA) is 131 Å². The summed E-state index contributed by atoms with van der Waals surface area (Å²) in [7, 11) is 0. The van der Waals surface area contributed by atoms with Gasteiger partial charge in [-0.3, -0.25) is 19.4 Å². The molecule has 5 heterocycles. The molecule has 5 aromatic heterocycles. The molecule has 1 aromatic carbocycles. The number of benzene rings is 1. The molecule has 10 nitrogen and oxygen atoms in total. The average molecular weight is 476 g/mol. The van der Waals surface area contributed by atoms with Gasteiger partial charge in [0.25, 0.3) is 0 Å². The Labute approximate surface area is 205 Å². The first-order chi connectivity index (χ1) is 17.6. The summed E-state index contributed by atoms with van der Waals surface area (Å²) in [6.07, 6.45) is 9.19. The quantitative estimate of drug-likeness (QED) is 0.360. The minimum absolute atomic E-state index is 0.100. The molecule has 2 N–H and O–H groups in total. The summed E-state index contributed by atoms with van der Waals surface area (Å²) < 4.78 is 1.84. The molecular formula is C26H21N9O. The summed E-state index contributed by atoms with van der Waals surface area (Å²) in [6.45, 7) is 1.92. The normalized spacial score (nSPS) is 11.2. The van der Waals surface area contributed by atoms with Crippen LogP contribution in [0.15, 0.2) is 73.7 Å². The highest BCUT2D eigenvalue weighted by atomic mass is 16.1. The number of nitrogens with zero attached hydrogens (tertiary/aromatic N) is 7. The molecule has 0 saturated carbocycles. The highest BCUT2D eigenvalue weighted by molar-refractivity contribution is 5.84. The van der Waals surface area contributed by atoms with Crippen molar-refractivity contribution < 1.29 is 4.79 Å². The van der Waals surface area contributed by atoms with Crippen LogP contribution in [0.2, 0.25) is 0 Å². The van der Waals surface area contributed by atoms with Crippen molar-refractivity contribution in [3.63, 3.8) is 0 Å². The second kappa shape index (κ2) is 8.99. The van der Waals surface area contributed by atoms with Gasteiger partial charge in [-0.1, -0.05) is 24.3 Å². The number of ketones is 1. The third kappa shape index (κ3) is 4.27. The minimum atomic E-state index is 0.100. The number of aromatic amines is 2. The Morgan fingerprint density at radius 3 is 2.69 bits per heavy atom. The van der Waals surface area contributed by atoms with Gasteiger partial charge in [0.05, 0.1) is 11.4 Å². The maximum Gasteiger partial charge on any atom is 0.183 e. The summed E-state index contributed by atoms with van der Waals surface area (Å²) in [5, 5.41) is 7.25. The van der Waals surface area contributed by atoms with E-state index >= 15 is 0 Å². The number of hydrogen-bond donors (Lipinski definition) is 2. The Morgan fingerprint density at radius 2 is 1.92 bits per heavy atom. The smallest absolute Gasteiger partial charge is 0.183 e. The molecule has 0 aliphatic carbocycles. The summed E-state index contributed by atoms with van der Waals surface area (Å²) in [5.74, 6) is 1.47. The Bertz CT molecular complexity index is 1660. The van der Waals surface area contributed by atoms with E-state index < -0.39 is 0 Å². The van der Waals surface area contributed by atoms with Crippen LogP contribution in [-0.4, -0.2) is 50.5 Å². The number of nitrogens with one attached hydrogen (secondary N) is 2. The average Bonchev–Trinajstić information content (AvgIpc) is 3.64. The lowest BCUT2D eigenvalue weighted by molar-refractivity contribution is -0.117. The number of aryl methyl sites for hydroxylation is 1. The van der Waals surface area contributed by atoms with Crippen LogP contribution in [0.4, 0.5) is 0 Å². The number of imidazole rings is 2. The van der Waals surface area contributed by atoms with Crippen molar-refractivity contribution in [1.29, 1.82) is 0 Å². The number of pyridine rings is 1. The molecular weight excluding hydrogens is 454 g/mol. The Morgan fingerprint density at radius 1 is 1.03 bits per heavy atom. The summed E-state index contributed by atoms with van der Waals surface area (Å²) >= 11 is 0. The van der Waals surface area contributed by atoms with E-state index in [2.05, 4.69) is 40.1 Å². The van der Waals surface area contributed by atoms with Gasteiger partial charge in [-0.25, -0.2) is 19.9 Å². The van der Waals surface area contributed by atoms with Gasteiger partial charge in [-0.05, 0) is 30.7 Å². The molecule has 176 valence electrons. The van der Waals surface area contributed by atoms with Gasteiger partial charge in [-0.15, -0.1) is 0 Å². The van der Waals surface area contributed by atoms with Gasteiger partial charge in [0, 0.05) is 48.3 Å². The molecule has 0 fully saturated rings. The maximum absolute atomic E-state index is 12.7. The fourth-order valence-electron chi connectivity index (χ4n) is 4.08. The van der Waals surface area contributed by atoms with Gasteiger partial charge in [0.2, 0.25) is 0 Å². The van der Waals surface area contributed by atoms with Crippen LogP contribution in [0.5, 0.6) is 0 Å². The molecule has 0 bridgehead atoms. The largest absolute Gasteiger partial charge is 0.334 e. The van der Waals surface area contributed by atoms with E-state index in [4.69, 9.17) is 0 Å². The molecule has 0 radical (unpaired) electrons. The number of fused-ring (bicyclic) bond motifs is 1. The molecule has 0 amide bonds. The lowest BCUT2D eigenvalue weighted by Crippen LogP contribution is -2.06. The van der Waals surface area contributed by atoms with Crippen molar-refractivity contribution in [2.24, 2.45) is 0 Å². The predicted molar refractivity (Wildman–Crippen MR) is 133 cm³/mol. The third-order valence-electron chi connectivity index (χ3n) is 5.83. The number of H-pyrrole nitrogens is 2. The SMILES string of the molecule is Cc1cn(-c2ncnc3nc(-c4ccc(CC(=O)Cc5cc(-c6cccnc6)n[nH]5)cc4)[nH]c23)cn1. The molecule has 0 aliphatic rings. The second-order valence-corrected chi connectivity index (χ2v) is 8.51. The van der Waals surface area contributed by atoms with Crippen LogP contribution in [-0.2, 0) is 17.6 Å². The number of aromatic nitrogens is 9. The van der Waals surface area contributed by atoms with Gasteiger partial charge in [-0.2, -0.15) is 5.10 Å². The van der Waals surface area contributed by atoms with Gasteiger partial charge in [0.15, 0.2) is 11.5 Å². The number of rotatable bonds is 7. The van der Waals surface area contributed by atoms with Crippen LogP contribution in [0.1, 0.15) is 17.0 Å². The number of Topliss-reactive ketones (excluding diaryl/α,β-unsaturated/α-hetero) is 1. The van der Waals surface area contributed by atoms with Crippen molar-refractivity contribution in [1.82, 2.24) is 44.7 Å². The van der Waals surface area contributed by atoms with Crippen molar-refractivity contribution in [2.75, 3.05) is 0 Å². The number of carbonyl (C=O) groups excluding carboxylic acids is 1. The van der Waals surface area contributed by atoms with Crippen LogP contribution in [0, 0.1) is 6.92 Å². The molecule has 10 heteroatoms. The van der Waals surface area contributed by atoms with Crippen molar-refractivity contribution in [3.05, 3.63) is 90.7 Å². The molecule has 0 saturated heterocycles. The van der Waals surface area contributed by atoms with E-state index in [1.807, 2.05) is 60.2 Å². The van der Waals surface area contributed by atoms with Crippen LogP contribution in [0.3, 0.4) is 0 Å². The van der Waals surface area contributed by atoms with E-state index in [1.165, 1.54) is 6.33 Å². The van der Waals surface area contributed by atoms with Crippen LogP contribution < -0.4 is 0 Å². The fourth-order valence-corrected chi connectivity index (χ4v) is 4.08. The lowest BCUT2D eigenvalue weighted by Gasteiger charge is -2.02. The molecule has 6 aromatic rings. The zero-order chi connectivity index (χ0) is 24.5. The Kier molecular flexibility index (Phi) is 5.38. The molecule has 0 atom stereocenters. The van der Waals surface area contributed by atoms with Crippen LogP contribution in [0.25, 0.3) is 39.6 Å². The zero-order valence-corrected chi connectivity index (χ0v) is 19.4. The molecule has 0 spiro atoms. The van der Waals surface area contributed by atoms with Crippen LogP contribution >= 0.6 is 0 Å². The Hall–Kier alpha value is -4.99. The maximum atomic E-state index is 12.7. The third-order valence-corrected chi connectivity index (χ3v) is 5.83. The predicted octanol–water partition coefficient (Wildman–Crippen LogP) is 3.65. The van der Waals surface area contributed by atoms with E-state index in [9.17, 15) is 4.79 Å². The second-order valence-electron chi connectivity index (χ2n) is 8.51. The molecule has 36 heavy (non-hydrogen) atoms. The highest BCUT2D eigenvalue weighted by Gasteiger charge is 2.14. The number of hydrogen-bond acceptors (Lipinski definition) is 7. The summed E-state index contributed by atoms with van der Waals surface area (Å²) in [4.78, 5) is 37.7. The van der Waals surface area contributed by atoms with Crippen molar-refractivity contribution in [3.8, 4) is 28.5 Å². The number of carbonyl (C=O) groups is 1. The summed E-state index contributed by atoms with van der Waals surface area (Å²) in [6, 6.07) is 13.5. The van der Waals surface area contributed by atoms with Crippen molar-refractivity contribution >= 4 is 16.9 Å². The Balaban J connectivity index is 1.16. The van der Waals surface area contributed by atoms with Gasteiger partial charge >= 0.3 is 0 Å². The van der Waals surface area contributed by atoms with E-state index in [0.717, 1.165) is 39.3 Å². The molecule has 0 unspecified atom stereocenters. The highest BCUT2D eigenvalue weighted by Crippen LogP contribution is 2.23. The van der Waals surface area contributed by atoms with E-state index in [1.54, 1.807) is 18.7 Å². The zero-order valence-electron chi connectivity index (χ0n) is 19.4. The lowest BCUT2D eigenvalue weighted by atomic mass is 10.0. The molecule has 6 rings (SSSR count). The van der Waals surface area contributed by atoms with Gasteiger partial charge in [0.1, 0.15) is 29.8 Å².